The summed E-state index contributed by atoms with van der Waals surface area (Å²) in [7, 11) is 0. The van der Waals surface area contributed by atoms with Crippen LogP contribution in [-0.4, -0.2) is 16.7 Å². The standard InChI is InChI=1S/C22H13Cl6NO.CH3NO/c23-13-1-5-17(6-2-13)29(18-7-3-14(24)4-8-18)21(30)20-19(22(20,27)28)12-9-15(25)11-16(26)10-12;2-1-3/h1-11,19-20H;1H,(H2,2,3)/t19-,20+;/m0./s1. The van der Waals surface area contributed by atoms with Crippen molar-refractivity contribution in [3.8, 4) is 0 Å². The molecule has 4 rings (SSSR count). The second-order valence-electron chi connectivity index (χ2n) is 7.10. The van der Waals surface area contributed by atoms with Crippen LogP contribution in [0.1, 0.15) is 11.5 Å². The third kappa shape index (κ3) is 5.89. The Hall–Kier alpha value is -1.66. The van der Waals surface area contributed by atoms with Gasteiger partial charge >= 0.3 is 0 Å². The predicted molar refractivity (Wildman–Crippen MR) is 137 cm³/mol. The zero-order valence-electron chi connectivity index (χ0n) is 16.7. The van der Waals surface area contributed by atoms with Gasteiger partial charge in [-0.15, -0.1) is 23.2 Å². The van der Waals surface area contributed by atoms with Gasteiger partial charge in [0.2, 0.25) is 12.3 Å². The van der Waals surface area contributed by atoms with Crippen molar-refractivity contribution in [3.05, 3.63) is 92.4 Å². The van der Waals surface area contributed by atoms with Crippen LogP contribution in [0.2, 0.25) is 20.1 Å². The zero-order valence-corrected chi connectivity index (χ0v) is 21.2. The molecule has 33 heavy (non-hydrogen) atoms. The van der Waals surface area contributed by atoms with Crippen molar-refractivity contribution in [2.75, 3.05) is 4.90 Å². The molecule has 0 bridgehead atoms. The van der Waals surface area contributed by atoms with Gasteiger partial charge in [0.15, 0.2) is 0 Å². The fraction of sp³-hybridized carbons (Fsp3) is 0.130. The summed E-state index contributed by atoms with van der Waals surface area (Å²) in [6.07, 6.45) is 0.250. The van der Waals surface area contributed by atoms with E-state index in [-0.39, 0.29) is 12.3 Å². The third-order valence-electron chi connectivity index (χ3n) is 4.95. The number of amides is 2. The third-order valence-corrected chi connectivity index (χ3v) is 6.83. The first-order valence-corrected chi connectivity index (χ1v) is 11.7. The fourth-order valence-electron chi connectivity index (χ4n) is 3.53. The van der Waals surface area contributed by atoms with E-state index in [0.717, 1.165) is 0 Å². The molecule has 1 saturated carbocycles. The van der Waals surface area contributed by atoms with Crippen LogP contribution in [-0.2, 0) is 9.59 Å². The SMILES string of the molecule is NC=O.O=C([C@H]1[C@H](c2cc(Cl)cc(Cl)c2)C1(Cl)Cl)N(c1ccc(Cl)cc1)c1ccc(Cl)cc1. The van der Waals surface area contributed by atoms with E-state index in [0.29, 0.717) is 37.0 Å². The Labute approximate surface area is 221 Å². The first-order chi connectivity index (χ1) is 15.6. The Balaban J connectivity index is 0.000000968. The quantitative estimate of drug-likeness (QED) is 0.261. The number of hydrogen-bond donors (Lipinski definition) is 1. The first-order valence-electron chi connectivity index (χ1n) is 9.44. The minimum Gasteiger partial charge on any atom is -0.372 e. The lowest BCUT2D eigenvalue weighted by Crippen LogP contribution is -2.29. The summed E-state index contributed by atoms with van der Waals surface area (Å²) in [5.74, 6) is -1.40. The van der Waals surface area contributed by atoms with Gasteiger partial charge in [0, 0.05) is 37.4 Å². The molecule has 2 atom stereocenters. The number of rotatable bonds is 4. The molecule has 172 valence electrons. The number of carbonyl (C=O) groups excluding carboxylic acids is 2. The van der Waals surface area contributed by atoms with Crippen molar-refractivity contribution in [2.24, 2.45) is 11.7 Å². The highest BCUT2D eigenvalue weighted by Crippen LogP contribution is 2.66. The number of halogens is 6. The van der Waals surface area contributed by atoms with Gasteiger partial charge in [0.25, 0.3) is 0 Å². The topological polar surface area (TPSA) is 63.4 Å². The van der Waals surface area contributed by atoms with Crippen molar-refractivity contribution in [1.29, 1.82) is 0 Å². The number of carbonyl (C=O) groups is 2. The smallest absolute Gasteiger partial charge is 0.238 e. The summed E-state index contributed by atoms with van der Waals surface area (Å²) in [5, 5.41) is 2.02. The Morgan fingerprint density at radius 2 is 1.18 bits per heavy atom. The summed E-state index contributed by atoms with van der Waals surface area (Å²) in [4.78, 5) is 23.8. The lowest BCUT2D eigenvalue weighted by atomic mass is 10.1. The van der Waals surface area contributed by atoms with Gasteiger partial charge < -0.3 is 5.73 Å². The molecule has 0 aliphatic heterocycles. The lowest BCUT2D eigenvalue weighted by Gasteiger charge is -2.24. The summed E-state index contributed by atoms with van der Waals surface area (Å²) in [6, 6.07) is 18.9. The fourth-order valence-corrected chi connectivity index (χ4v) is 5.14. The van der Waals surface area contributed by atoms with E-state index >= 15 is 0 Å². The van der Waals surface area contributed by atoms with Gasteiger partial charge in [0.1, 0.15) is 4.33 Å². The molecule has 0 spiro atoms. The number of nitrogens with two attached hydrogens (primary N) is 1. The maximum atomic E-state index is 13.7. The molecule has 2 N–H and O–H groups in total. The van der Waals surface area contributed by atoms with E-state index in [1.165, 1.54) is 0 Å². The Kier molecular flexibility index (Phi) is 8.44. The van der Waals surface area contributed by atoms with Crippen molar-refractivity contribution < 1.29 is 9.59 Å². The minimum atomic E-state index is -1.29. The average molecular weight is 565 g/mol. The number of alkyl halides is 2. The number of anilines is 2. The molecule has 0 aromatic heterocycles. The van der Waals surface area contributed by atoms with Gasteiger partial charge in [-0.2, -0.15) is 0 Å². The van der Waals surface area contributed by atoms with Crippen molar-refractivity contribution in [2.45, 2.75) is 10.3 Å². The van der Waals surface area contributed by atoms with Gasteiger partial charge in [0.05, 0.1) is 5.92 Å². The molecule has 0 heterocycles. The molecule has 1 fully saturated rings. The maximum Gasteiger partial charge on any atom is 0.238 e. The maximum absolute atomic E-state index is 13.7. The van der Waals surface area contributed by atoms with Crippen LogP contribution in [0.5, 0.6) is 0 Å². The molecule has 3 aromatic rings. The highest BCUT2D eigenvalue weighted by Gasteiger charge is 2.68. The van der Waals surface area contributed by atoms with Crippen LogP contribution in [0.15, 0.2) is 66.7 Å². The second kappa shape index (κ2) is 10.7. The summed E-state index contributed by atoms with van der Waals surface area (Å²) in [6.45, 7) is 0. The molecular formula is C23H16Cl6N2O2. The monoisotopic (exact) mass is 562 g/mol. The number of hydrogen-bond acceptors (Lipinski definition) is 2. The Morgan fingerprint density at radius 1 is 0.788 bits per heavy atom. The van der Waals surface area contributed by atoms with Crippen LogP contribution in [0, 0.1) is 5.92 Å². The molecule has 4 nitrogen and oxygen atoms in total. The van der Waals surface area contributed by atoms with Crippen molar-refractivity contribution >= 4 is 93.3 Å². The molecule has 0 saturated heterocycles. The average Bonchev–Trinajstić information content (AvgIpc) is 3.33. The van der Waals surface area contributed by atoms with Crippen LogP contribution in [0.4, 0.5) is 11.4 Å². The van der Waals surface area contributed by atoms with Crippen LogP contribution in [0.25, 0.3) is 0 Å². The van der Waals surface area contributed by atoms with Gasteiger partial charge in [-0.1, -0.05) is 46.4 Å². The molecule has 0 unspecified atom stereocenters. The summed E-state index contributed by atoms with van der Waals surface area (Å²) in [5.41, 5.74) is 6.14. The van der Waals surface area contributed by atoms with E-state index in [1.807, 2.05) is 0 Å². The van der Waals surface area contributed by atoms with E-state index in [4.69, 9.17) is 74.4 Å². The minimum absolute atomic E-state index is 0.250. The molecular weight excluding hydrogens is 549 g/mol. The van der Waals surface area contributed by atoms with E-state index in [9.17, 15) is 4.79 Å². The molecule has 1 aliphatic rings. The zero-order chi connectivity index (χ0) is 24.3. The van der Waals surface area contributed by atoms with E-state index in [2.05, 4.69) is 5.73 Å². The van der Waals surface area contributed by atoms with E-state index in [1.54, 1.807) is 71.6 Å². The summed E-state index contributed by atoms with van der Waals surface area (Å²) >= 11 is 37.5. The lowest BCUT2D eigenvalue weighted by molar-refractivity contribution is -0.119. The molecule has 3 aromatic carbocycles. The number of benzene rings is 3. The highest BCUT2D eigenvalue weighted by molar-refractivity contribution is 6.54. The Morgan fingerprint density at radius 3 is 1.58 bits per heavy atom. The van der Waals surface area contributed by atoms with Crippen molar-refractivity contribution in [1.82, 2.24) is 0 Å². The highest BCUT2D eigenvalue weighted by atomic mass is 35.5. The van der Waals surface area contributed by atoms with Gasteiger partial charge in [-0.3, -0.25) is 14.5 Å². The van der Waals surface area contributed by atoms with Crippen molar-refractivity contribution in [3.63, 3.8) is 0 Å². The van der Waals surface area contributed by atoms with Crippen LogP contribution < -0.4 is 10.6 Å². The predicted octanol–water partition coefficient (Wildman–Crippen LogP) is 7.65. The first kappa shape index (κ1) is 26.0. The molecule has 0 radical (unpaired) electrons. The Bertz CT molecular complexity index is 1090. The summed E-state index contributed by atoms with van der Waals surface area (Å²) < 4.78 is -1.29. The molecule has 1 aliphatic carbocycles. The number of nitrogens with zero attached hydrogens (tertiary/aromatic N) is 1. The largest absolute Gasteiger partial charge is 0.372 e. The molecule has 2 amide bonds. The van der Waals surface area contributed by atoms with E-state index < -0.39 is 16.2 Å². The van der Waals surface area contributed by atoms with Gasteiger partial charge in [-0.05, 0) is 72.3 Å². The molecule has 10 heteroatoms. The van der Waals surface area contributed by atoms with Crippen LogP contribution >= 0.6 is 69.6 Å². The normalized spacial score (nSPS) is 18.0. The van der Waals surface area contributed by atoms with Gasteiger partial charge in [-0.25, -0.2) is 0 Å². The second-order valence-corrected chi connectivity index (χ2v) is 10.3. The van der Waals surface area contributed by atoms with Crippen LogP contribution in [0.3, 0.4) is 0 Å². The number of primary amides is 1.